The van der Waals surface area contributed by atoms with E-state index in [2.05, 4.69) is 5.32 Å². The van der Waals surface area contributed by atoms with Gasteiger partial charge in [-0.25, -0.2) is 0 Å². The summed E-state index contributed by atoms with van der Waals surface area (Å²) in [6, 6.07) is 9.90. The van der Waals surface area contributed by atoms with E-state index in [1.807, 2.05) is 42.2 Å². The summed E-state index contributed by atoms with van der Waals surface area (Å²) in [5, 5.41) is 3.24. The van der Waals surface area contributed by atoms with Gasteiger partial charge in [0.05, 0.1) is 6.04 Å². The molecule has 1 amide bonds. The largest absolute Gasteiger partial charge is 0.311 e. The number of rotatable bonds is 3. The zero-order chi connectivity index (χ0) is 11.4. The number of likely N-dealkylation sites (N-methyl/N-ethyl adjacent to an activating group) is 1. The summed E-state index contributed by atoms with van der Waals surface area (Å²) in [5.41, 5.74) is 1.01. The van der Waals surface area contributed by atoms with Gasteiger partial charge in [0.25, 0.3) is 0 Å². The van der Waals surface area contributed by atoms with Crippen molar-refractivity contribution in [2.24, 2.45) is 0 Å². The Labute approximate surface area is 96.5 Å². The molecule has 1 saturated heterocycles. The molecule has 1 atom stereocenters. The molecule has 3 heteroatoms. The van der Waals surface area contributed by atoms with E-state index in [-0.39, 0.29) is 11.9 Å². The van der Waals surface area contributed by atoms with Gasteiger partial charge in [-0.3, -0.25) is 4.79 Å². The maximum absolute atomic E-state index is 12.2. The number of piperidine rings is 1. The zero-order valence-electron chi connectivity index (χ0n) is 9.65. The fourth-order valence-corrected chi connectivity index (χ4v) is 2.18. The van der Waals surface area contributed by atoms with E-state index >= 15 is 0 Å². The third-order valence-electron chi connectivity index (χ3n) is 2.96. The molecule has 1 aliphatic heterocycles. The molecular weight excluding hydrogens is 200 g/mol. The second-order valence-corrected chi connectivity index (χ2v) is 4.08. The lowest BCUT2D eigenvalue weighted by molar-refractivity contribution is -0.121. The van der Waals surface area contributed by atoms with Crippen LogP contribution in [0.5, 0.6) is 0 Å². The molecule has 3 nitrogen and oxygen atoms in total. The molecule has 0 radical (unpaired) electrons. The van der Waals surface area contributed by atoms with Crippen LogP contribution in [0.1, 0.15) is 19.8 Å². The van der Waals surface area contributed by atoms with Gasteiger partial charge in [-0.2, -0.15) is 0 Å². The van der Waals surface area contributed by atoms with Crippen LogP contribution in [0.3, 0.4) is 0 Å². The predicted octanol–water partition coefficient (Wildman–Crippen LogP) is 1.79. The Bertz CT molecular complexity index is 348. The van der Waals surface area contributed by atoms with E-state index in [1.165, 1.54) is 0 Å². The van der Waals surface area contributed by atoms with Gasteiger partial charge in [0, 0.05) is 12.2 Å². The Morgan fingerprint density at radius 1 is 1.38 bits per heavy atom. The number of anilines is 1. The first-order valence-corrected chi connectivity index (χ1v) is 5.92. The summed E-state index contributed by atoms with van der Waals surface area (Å²) in [6.45, 7) is 3.72. The summed E-state index contributed by atoms with van der Waals surface area (Å²) in [7, 11) is 0. The molecule has 1 aromatic rings. The minimum absolute atomic E-state index is 0.000967. The molecule has 0 aromatic heterocycles. The summed E-state index contributed by atoms with van der Waals surface area (Å²) in [6.07, 6.45) is 2.02. The molecule has 1 aliphatic rings. The number of benzene rings is 1. The number of hydrogen-bond acceptors (Lipinski definition) is 2. The second kappa shape index (κ2) is 5.12. The minimum Gasteiger partial charge on any atom is -0.311 e. The summed E-state index contributed by atoms with van der Waals surface area (Å²) < 4.78 is 0. The Balaban J connectivity index is 2.13. The molecule has 1 aromatic carbocycles. The molecule has 0 aliphatic carbocycles. The Kier molecular flexibility index (Phi) is 3.57. The summed E-state index contributed by atoms with van der Waals surface area (Å²) >= 11 is 0. The van der Waals surface area contributed by atoms with E-state index < -0.39 is 0 Å². The molecule has 86 valence electrons. The minimum atomic E-state index is -0.000967. The van der Waals surface area contributed by atoms with E-state index in [0.29, 0.717) is 0 Å². The quantitative estimate of drug-likeness (QED) is 0.839. The molecule has 0 saturated carbocycles. The molecular formula is C13H18N2O. The second-order valence-electron chi connectivity index (χ2n) is 4.08. The van der Waals surface area contributed by atoms with Crippen LogP contribution in [-0.4, -0.2) is 25.0 Å². The molecule has 0 bridgehead atoms. The average molecular weight is 218 g/mol. The third-order valence-corrected chi connectivity index (χ3v) is 2.96. The number of amides is 1. The zero-order valence-corrected chi connectivity index (χ0v) is 9.65. The van der Waals surface area contributed by atoms with Crippen LogP contribution in [0.15, 0.2) is 30.3 Å². The fourth-order valence-electron chi connectivity index (χ4n) is 2.18. The third kappa shape index (κ3) is 2.25. The van der Waals surface area contributed by atoms with Crippen LogP contribution in [0.2, 0.25) is 0 Å². The van der Waals surface area contributed by atoms with Crippen molar-refractivity contribution in [1.29, 1.82) is 0 Å². The van der Waals surface area contributed by atoms with Crippen molar-refractivity contribution in [3.8, 4) is 0 Å². The van der Waals surface area contributed by atoms with Crippen LogP contribution in [0.4, 0.5) is 5.69 Å². The van der Waals surface area contributed by atoms with Gasteiger partial charge in [0.2, 0.25) is 5.91 Å². The molecule has 1 N–H and O–H groups in total. The topological polar surface area (TPSA) is 32.3 Å². The van der Waals surface area contributed by atoms with Crippen LogP contribution in [0, 0.1) is 0 Å². The predicted molar refractivity (Wildman–Crippen MR) is 65.5 cm³/mol. The molecule has 16 heavy (non-hydrogen) atoms. The lowest BCUT2D eigenvalue weighted by Gasteiger charge is -2.32. The molecule has 0 spiro atoms. The Hall–Kier alpha value is -1.35. The molecule has 1 fully saturated rings. The maximum Gasteiger partial charge on any atom is 0.244 e. The first-order chi connectivity index (χ1) is 7.83. The van der Waals surface area contributed by atoms with E-state index in [1.54, 1.807) is 0 Å². The summed E-state index contributed by atoms with van der Waals surface area (Å²) in [4.78, 5) is 14.1. The Morgan fingerprint density at radius 3 is 2.81 bits per heavy atom. The van der Waals surface area contributed by atoms with Crippen molar-refractivity contribution in [2.75, 3.05) is 18.0 Å². The Morgan fingerprint density at radius 2 is 2.12 bits per heavy atom. The number of carbonyl (C=O) groups excluding carboxylic acids is 1. The highest BCUT2D eigenvalue weighted by molar-refractivity contribution is 5.97. The molecule has 1 heterocycles. The lowest BCUT2D eigenvalue weighted by atomic mass is 10.0. The van der Waals surface area contributed by atoms with Crippen molar-refractivity contribution in [1.82, 2.24) is 5.32 Å². The highest BCUT2D eigenvalue weighted by Gasteiger charge is 2.28. The monoisotopic (exact) mass is 218 g/mol. The number of nitrogens with zero attached hydrogens (tertiary/aromatic N) is 1. The van der Waals surface area contributed by atoms with Crippen LogP contribution in [0.25, 0.3) is 0 Å². The number of hydrogen-bond donors (Lipinski definition) is 1. The number of para-hydroxylation sites is 1. The number of carbonyl (C=O) groups is 1. The van der Waals surface area contributed by atoms with E-state index in [0.717, 1.165) is 31.6 Å². The highest BCUT2D eigenvalue weighted by Crippen LogP contribution is 2.20. The van der Waals surface area contributed by atoms with Gasteiger partial charge in [-0.05, 0) is 31.5 Å². The first-order valence-electron chi connectivity index (χ1n) is 5.92. The van der Waals surface area contributed by atoms with Gasteiger partial charge >= 0.3 is 0 Å². The lowest BCUT2D eigenvalue weighted by Crippen LogP contribution is -2.50. The average Bonchev–Trinajstić information content (AvgIpc) is 2.33. The van der Waals surface area contributed by atoms with Crippen LogP contribution in [-0.2, 0) is 4.79 Å². The van der Waals surface area contributed by atoms with Crippen molar-refractivity contribution < 1.29 is 4.79 Å². The van der Waals surface area contributed by atoms with Crippen molar-refractivity contribution in [2.45, 2.75) is 25.8 Å². The van der Waals surface area contributed by atoms with Gasteiger partial charge in [-0.15, -0.1) is 0 Å². The molecule has 1 unspecified atom stereocenters. The van der Waals surface area contributed by atoms with E-state index in [9.17, 15) is 4.79 Å². The normalized spacial score (nSPS) is 21.2. The van der Waals surface area contributed by atoms with Gasteiger partial charge in [0.1, 0.15) is 0 Å². The van der Waals surface area contributed by atoms with Crippen LogP contribution < -0.4 is 10.2 Å². The smallest absolute Gasteiger partial charge is 0.244 e. The van der Waals surface area contributed by atoms with Crippen molar-refractivity contribution in [3.63, 3.8) is 0 Å². The fraction of sp³-hybridized carbons (Fsp3) is 0.462. The van der Waals surface area contributed by atoms with Gasteiger partial charge in [-0.1, -0.05) is 25.1 Å². The first kappa shape index (κ1) is 11.1. The van der Waals surface area contributed by atoms with Gasteiger partial charge in [0.15, 0.2) is 0 Å². The summed E-state index contributed by atoms with van der Waals surface area (Å²) in [5.74, 6) is 0.208. The van der Waals surface area contributed by atoms with Crippen molar-refractivity contribution >= 4 is 11.6 Å². The van der Waals surface area contributed by atoms with E-state index in [4.69, 9.17) is 0 Å². The molecule has 2 rings (SSSR count). The van der Waals surface area contributed by atoms with Crippen LogP contribution >= 0.6 is 0 Å². The highest BCUT2D eigenvalue weighted by atomic mass is 16.2. The number of nitrogens with one attached hydrogen (secondary N) is 1. The SMILES string of the molecule is CCNC1CCCN(c2ccccc2)C1=O. The van der Waals surface area contributed by atoms with Gasteiger partial charge < -0.3 is 10.2 Å². The maximum atomic E-state index is 12.2. The standard InChI is InChI=1S/C13H18N2O/c1-2-14-12-9-6-10-15(13(12)16)11-7-4-3-5-8-11/h3-5,7-8,12,14H,2,6,9-10H2,1H3. The van der Waals surface area contributed by atoms with Crippen molar-refractivity contribution in [3.05, 3.63) is 30.3 Å².